The van der Waals surface area contributed by atoms with E-state index >= 15 is 0 Å². The highest BCUT2D eigenvalue weighted by atomic mass is 35.5. The van der Waals surface area contributed by atoms with Gasteiger partial charge in [-0.3, -0.25) is 4.79 Å². The number of rotatable bonds is 9. The lowest BCUT2D eigenvalue weighted by Gasteiger charge is -2.32. The predicted octanol–water partition coefficient (Wildman–Crippen LogP) is 5.13. The maximum atomic E-state index is 12.6. The quantitative estimate of drug-likeness (QED) is 0.512. The van der Waals surface area contributed by atoms with Crippen molar-refractivity contribution in [2.75, 3.05) is 39.0 Å². The van der Waals surface area contributed by atoms with Crippen LogP contribution in [0.4, 0.5) is 5.69 Å². The topological polar surface area (TPSA) is 67.6 Å². The minimum Gasteiger partial charge on any atom is -0.496 e. The number of halogens is 1. The van der Waals surface area contributed by atoms with E-state index < -0.39 is 0 Å². The molecule has 1 saturated heterocycles. The Kier molecular flexibility index (Phi) is 8.83. The summed E-state index contributed by atoms with van der Waals surface area (Å²) in [6, 6.07) is 12.2. The van der Waals surface area contributed by atoms with E-state index in [1.807, 2.05) is 0 Å². The second kappa shape index (κ2) is 11.6. The molecule has 1 aliphatic rings. The Morgan fingerprint density at radius 2 is 1.91 bits per heavy atom. The number of anilines is 1. The number of ether oxygens (including phenoxy) is 1. The van der Waals surface area contributed by atoms with Crippen LogP contribution in [0, 0.1) is 5.92 Å². The molecular formula is C26H36ClN3O2. The average molecular weight is 458 g/mol. The van der Waals surface area contributed by atoms with Gasteiger partial charge >= 0.3 is 0 Å². The number of carbonyl (C=O) groups excluding carboxylic acids is 1. The van der Waals surface area contributed by atoms with Crippen LogP contribution in [-0.2, 0) is 6.42 Å². The van der Waals surface area contributed by atoms with E-state index in [1.54, 1.807) is 12.1 Å². The van der Waals surface area contributed by atoms with Gasteiger partial charge in [0.05, 0.1) is 23.4 Å². The molecule has 5 nitrogen and oxygen atoms in total. The molecule has 3 rings (SSSR count). The summed E-state index contributed by atoms with van der Waals surface area (Å²) in [6.45, 7) is 8.43. The fourth-order valence-corrected chi connectivity index (χ4v) is 4.39. The summed E-state index contributed by atoms with van der Waals surface area (Å²) < 4.78 is 5.29. The van der Waals surface area contributed by atoms with Gasteiger partial charge in [-0.2, -0.15) is 0 Å². The number of hydrogen-bond donors (Lipinski definition) is 2. The zero-order valence-corrected chi connectivity index (χ0v) is 20.3. The molecule has 1 aliphatic heterocycles. The number of nitrogens with one attached hydrogen (secondary N) is 1. The van der Waals surface area contributed by atoms with Gasteiger partial charge in [-0.25, -0.2) is 0 Å². The van der Waals surface area contributed by atoms with Gasteiger partial charge in [0.2, 0.25) is 0 Å². The molecule has 0 atom stereocenters. The lowest BCUT2D eigenvalue weighted by molar-refractivity contribution is 0.0933. The minimum atomic E-state index is -0.170. The van der Waals surface area contributed by atoms with Crippen molar-refractivity contribution in [2.24, 2.45) is 5.92 Å². The van der Waals surface area contributed by atoms with E-state index in [0.717, 1.165) is 38.9 Å². The number of nitrogens with two attached hydrogens (primary N) is 1. The fraction of sp³-hybridized carbons (Fsp3) is 0.500. The summed E-state index contributed by atoms with van der Waals surface area (Å²) in [5.41, 5.74) is 9.48. The summed E-state index contributed by atoms with van der Waals surface area (Å²) in [7, 11) is 1.52. The number of benzene rings is 2. The summed E-state index contributed by atoms with van der Waals surface area (Å²) in [4.78, 5) is 15.2. The van der Waals surface area contributed by atoms with Gasteiger partial charge in [-0.15, -0.1) is 0 Å². The molecular weight excluding hydrogens is 422 g/mol. The van der Waals surface area contributed by atoms with Gasteiger partial charge in [-0.1, -0.05) is 49.7 Å². The van der Waals surface area contributed by atoms with E-state index in [0.29, 0.717) is 40.4 Å². The first-order chi connectivity index (χ1) is 15.4. The third kappa shape index (κ3) is 6.63. The Bertz CT molecular complexity index is 891. The first-order valence-electron chi connectivity index (χ1n) is 11.6. The van der Waals surface area contributed by atoms with Crippen LogP contribution in [0.15, 0.2) is 36.4 Å². The van der Waals surface area contributed by atoms with E-state index in [-0.39, 0.29) is 5.91 Å². The van der Waals surface area contributed by atoms with Crippen molar-refractivity contribution in [3.63, 3.8) is 0 Å². The van der Waals surface area contributed by atoms with Crippen LogP contribution in [0.5, 0.6) is 5.75 Å². The Labute approximate surface area is 197 Å². The number of amides is 1. The van der Waals surface area contributed by atoms with Gasteiger partial charge in [-0.05, 0) is 74.3 Å². The fourth-order valence-electron chi connectivity index (χ4n) is 4.24. The number of hydrogen-bond acceptors (Lipinski definition) is 4. The van der Waals surface area contributed by atoms with Crippen LogP contribution >= 0.6 is 11.6 Å². The highest BCUT2D eigenvalue weighted by molar-refractivity contribution is 6.33. The van der Waals surface area contributed by atoms with Crippen LogP contribution in [0.2, 0.25) is 5.02 Å². The lowest BCUT2D eigenvalue weighted by Crippen LogP contribution is -2.39. The highest BCUT2D eigenvalue weighted by Crippen LogP contribution is 2.29. The number of nitrogens with zero attached hydrogens (tertiary/aromatic N) is 1. The van der Waals surface area contributed by atoms with E-state index in [2.05, 4.69) is 48.3 Å². The van der Waals surface area contributed by atoms with Gasteiger partial charge < -0.3 is 20.7 Å². The second-order valence-corrected chi connectivity index (χ2v) is 9.48. The predicted molar refractivity (Wildman–Crippen MR) is 133 cm³/mol. The van der Waals surface area contributed by atoms with Crippen LogP contribution in [0.25, 0.3) is 0 Å². The van der Waals surface area contributed by atoms with E-state index in [9.17, 15) is 4.79 Å². The van der Waals surface area contributed by atoms with E-state index in [1.165, 1.54) is 24.7 Å². The van der Waals surface area contributed by atoms with Crippen LogP contribution < -0.4 is 15.8 Å². The van der Waals surface area contributed by atoms with Crippen molar-refractivity contribution in [3.8, 4) is 5.75 Å². The van der Waals surface area contributed by atoms with Gasteiger partial charge in [0.25, 0.3) is 5.91 Å². The van der Waals surface area contributed by atoms with Gasteiger partial charge in [0.15, 0.2) is 0 Å². The SMILES string of the molecule is COc1cc(Cl)c(N)cc1C(=O)NCC1CCN(CCCc2ccc(C(C)C)cc2)CC1. The van der Waals surface area contributed by atoms with Gasteiger partial charge in [0.1, 0.15) is 5.75 Å². The van der Waals surface area contributed by atoms with Crippen LogP contribution in [0.3, 0.4) is 0 Å². The molecule has 2 aromatic rings. The zero-order chi connectivity index (χ0) is 23.1. The largest absolute Gasteiger partial charge is 0.496 e. The van der Waals surface area contributed by atoms with E-state index in [4.69, 9.17) is 22.1 Å². The van der Waals surface area contributed by atoms with Crippen molar-refractivity contribution < 1.29 is 9.53 Å². The smallest absolute Gasteiger partial charge is 0.255 e. The Morgan fingerprint density at radius 1 is 1.22 bits per heavy atom. The van der Waals surface area contributed by atoms with Crippen molar-refractivity contribution in [1.82, 2.24) is 10.2 Å². The Hall–Kier alpha value is -2.24. The first-order valence-corrected chi connectivity index (χ1v) is 12.0. The van der Waals surface area contributed by atoms with Gasteiger partial charge in [0, 0.05) is 12.6 Å². The second-order valence-electron chi connectivity index (χ2n) is 9.07. The molecule has 0 saturated carbocycles. The molecule has 0 radical (unpaired) electrons. The summed E-state index contributed by atoms with van der Waals surface area (Å²) in [6.07, 6.45) is 4.51. The number of nitrogen functional groups attached to an aromatic ring is 1. The van der Waals surface area contributed by atoms with Crippen LogP contribution in [0.1, 0.15) is 60.5 Å². The Morgan fingerprint density at radius 3 is 2.53 bits per heavy atom. The number of piperidine rings is 1. The molecule has 1 fully saturated rings. The molecule has 32 heavy (non-hydrogen) atoms. The maximum Gasteiger partial charge on any atom is 0.255 e. The van der Waals surface area contributed by atoms with Crippen molar-refractivity contribution in [3.05, 3.63) is 58.1 Å². The monoisotopic (exact) mass is 457 g/mol. The molecule has 1 heterocycles. The molecule has 1 amide bonds. The molecule has 2 aromatic carbocycles. The molecule has 174 valence electrons. The van der Waals surface area contributed by atoms with Crippen molar-refractivity contribution >= 4 is 23.2 Å². The molecule has 6 heteroatoms. The van der Waals surface area contributed by atoms with Crippen molar-refractivity contribution in [2.45, 2.75) is 45.4 Å². The third-order valence-corrected chi connectivity index (χ3v) is 6.74. The molecule has 3 N–H and O–H groups in total. The highest BCUT2D eigenvalue weighted by Gasteiger charge is 2.21. The number of methoxy groups -OCH3 is 1. The Balaban J connectivity index is 1.38. The lowest BCUT2D eigenvalue weighted by atomic mass is 9.96. The molecule has 0 aromatic heterocycles. The standard InChI is InChI=1S/C26H36ClN3O2/c1-18(2)21-8-6-19(7-9-21)5-4-12-30-13-10-20(11-14-30)17-29-26(31)22-15-24(28)23(27)16-25(22)32-3/h6-9,15-16,18,20H,4-5,10-14,17,28H2,1-3H3,(H,29,31). The summed E-state index contributed by atoms with van der Waals surface area (Å²) in [5.74, 6) is 1.35. The van der Waals surface area contributed by atoms with Crippen LogP contribution in [-0.4, -0.2) is 44.1 Å². The zero-order valence-electron chi connectivity index (χ0n) is 19.5. The first kappa shape index (κ1) is 24.4. The molecule has 0 aliphatic carbocycles. The molecule has 0 bridgehead atoms. The average Bonchev–Trinajstić information content (AvgIpc) is 2.80. The van der Waals surface area contributed by atoms with Crippen molar-refractivity contribution in [1.29, 1.82) is 0 Å². The minimum absolute atomic E-state index is 0.170. The third-order valence-electron chi connectivity index (χ3n) is 6.41. The maximum absolute atomic E-state index is 12.6. The molecule has 0 unspecified atom stereocenters. The normalized spacial score (nSPS) is 15.2. The summed E-state index contributed by atoms with van der Waals surface area (Å²) >= 11 is 6.03. The number of carbonyl (C=O) groups is 1. The summed E-state index contributed by atoms with van der Waals surface area (Å²) in [5, 5.41) is 3.43. The molecule has 0 spiro atoms. The number of aryl methyl sites for hydroxylation is 1. The number of likely N-dealkylation sites (tertiary alicyclic amines) is 1.